The summed E-state index contributed by atoms with van der Waals surface area (Å²) in [5, 5.41) is 0. The van der Waals surface area contributed by atoms with Crippen LogP contribution in [-0.2, 0) is 12.7 Å². The van der Waals surface area contributed by atoms with Crippen LogP contribution in [0, 0.1) is 0 Å². The second kappa shape index (κ2) is 6.06. The molecule has 1 heterocycles. The topological polar surface area (TPSA) is 12.5 Å². The molecular formula is C20H20F3NO. The van der Waals surface area contributed by atoms with Crippen LogP contribution in [0.15, 0.2) is 54.6 Å². The van der Waals surface area contributed by atoms with Crippen molar-refractivity contribution in [3.05, 3.63) is 65.7 Å². The lowest BCUT2D eigenvalue weighted by molar-refractivity contribution is -0.139. The van der Waals surface area contributed by atoms with Crippen molar-refractivity contribution in [3.63, 3.8) is 0 Å². The van der Waals surface area contributed by atoms with Crippen molar-refractivity contribution in [2.75, 3.05) is 6.54 Å². The Kier molecular flexibility index (Phi) is 3.99. The number of benzene rings is 2. The zero-order valence-corrected chi connectivity index (χ0v) is 13.8. The average Bonchev–Trinajstić information content (AvgIpc) is 3.27. The van der Waals surface area contributed by atoms with Gasteiger partial charge in [-0.05, 0) is 30.5 Å². The summed E-state index contributed by atoms with van der Waals surface area (Å²) in [7, 11) is 0. The van der Waals surface area contributed by atoms with Crippen molar-refractivity contribution in [1.29, 1.82) is 0 Å². The first kappa shape index (κ1) is 16.5. The third-order valence-corrected chi connectivity index (χ3v) is 5.23. The molecule has 2 aliphatic rings. The summed E-state index contributed by atoms with van der Waals surface area (Å²) in [6.45, 7) is 1.49. The Morgan fingerprint density at radius 1 is 1.00 bits per heavy atom. The maximum atomic E-state index is 13.2. The predicted octanol–water partition coefficient (Wildman–Crippen LogP) is 4.89. The van der Waals surface area contributed by atoms with Crippen molar-refractivity contribution in [2.45, 2.75) is 43.6 Å². The summed E-state index contributed by atoms with van der Waals surface area (Å²) < 4.78 is 45.3. The summed E-state index contributed by atoms with van der Waals surface area (Å²) in [6, 6.07) is 15.7. The minimum Gasteiger partial charge on any atom is -0.488 e. The van der Waals surface area contributed by atoms with Crippen LogP contribution in [0.4, 0.5) is 13.2 Å². The molecule has 132 valence electrons. The van der Waals surface area contributed by atoms with Crippen molar-refractivity contribution >= 4 is 0 Å². The smallest absolute Gasteiger partial charge is 0.419 e. The quantitative estimate of drug-likeness (QED) is 0.781. The largest absolute Gasteiger partial charge is 0.488 e. The molecule has 0 bridgehead atoms. The standard InChI is InChI=1S/C20H20F3NO/c21-20(22,23)17-8-4-5-9-18(17)25-16-12-19(10-11-19)24(14-16)13-15-6-2-1-3-7-15/h1-9,16H,10-14H2/t16-/m0/s1. The van der Waals surface area contributed by atoms with Crippen LogP contribution < -0.4 is 4.74 Å². The van der Waals surface area contributed by atoms with Crippen molar-refractivity contribution < 1.29 is 17.9 Å². The minimum absolute atomic E-state index is 0.0580. The average molecular weight is 347 g/mol. The van der Waals surface area contributed by atoms with Gasteiger partial charge in [-0.25, -0.2) is 0 Å². The van der Waals surface area contributed by atoms with E-state index in [1.54, 1.807) is 6.07 Å². The van der Waals surface area contributed by atoms with Gasteiger partial charge in [0.15, 0.2) is 0 Å². The second-order valence-electron chi connectivity index (χ2n) is 7.03. The number of alkyl halides is 3. The number of ether oxygens (including phenoxy) is 1. The molecule has 0 amide bonds. The van der Waals surface area contributed by atoms with Gasteiger partial charge in [-0.15, -0.1) is 0 Å². The number of hydrogen-bond donors (Lipinski definition) is 0. The fraction of sp³-hybridized carbons (Fsp3) is 0.400. The van der Waals surface area contributed by atoms with Crippen molar-refractivity contribution in [3.8, 4) is 5.75 Å². The normalized spacial score (nSPS) is 22.3. The van der Waals surface area contributed by atoms with Gasteiger partial charge in [-0.2, -0.15) is 13.2 Å². The van der Waals surface area contributed by atoms with Crippen LogP contribution in [0.2, 0.25) is 0 Å². The first-order chi connectivity index (χ1) is 12.0. The lowest BCUT2D eigenvalue weighted by atomic mass is 10.1. The number of hydrogen-bond acceptors (Lipinski definition) is 2. The molecule has 2 aromatic carbocycles. The van der Waals surface area contributed by atoms with Crippen LogP contribution in [0.1, 0.15) is 30.4 Å². The highest BCUT2D eigenvalue weighted by Crippen LogP contribution is 2.51. The number of para-hydroxylation sites is 1. The van der Waals surface area contributed by atoms with Gasteiger partial charge in [0, 0.05) is 25.0 Å². The predicted molar refractivity (Wildman–Crippen MR) is 89.3 cm³/mol. The lowest BCUT2D eigenvalue weighted by Gasteiger charge is -2.23. The Balaban J connectivity index is 1.49. The van der Waals surface area contributed by atoms with Crippen LogP contribution in [0.25, 0.3) is 0 Å². The lowest BCUT2D eigenvalue weighted by Crippen LogP contribution is -2.31. The van der Waals surface area contributed by atoms with Gasteiger partial charge in [0.2, 0.25) is 0 Å². The summed E-state index contributed by atoms with van der Waals surface area (Å²) in [5.74, 6) is -0.0580. The summed E-state index contributed by atoms with van der Waals surface area (Å²) in [6.07, 6.45) is -1.60. The van der Waals surface area contributed by atoms with E-state index >= 15 is 0 Å². The molecule has 5 heteroatoms. The molecule has 1 saturated carbocycles. The second-order valence-corrected chi connectivity index (χ2v) is 7.03. The van der Waals surface area contributed by atoms with E-state index in [-0.39, 0.29) is 17.4 Å². The molecule has 1 aliphatic heterocycles. The van der Waals surface area contributed by atoms with E-state index in [0.29, 0.717) is 6.54 Å². The summed E-state index contributed by atoms with van der Waals surface area (Å²) in [4.78, 5) is 2.38. The molecule has 1 saturated heterocycles. The van der Waals surface area contributed by atoms with E-state index in [0.717, 1.165) is 31.9 Å². The molecule has 1 spiro atoms. The molecule has 1 aliphatic carbocycles. The zero-order chi connectivity index (χ0) is 17.5. The van der Waals surface area contributed by atoms with Gasteiger partial charge >= 0.3 is 6.18 Å². The fourth-order valence-electron chi connectivity index (χ4n) is 3.82. The molecule has 1 atom stereocenters. The highest BCUT2D eigenvalue weighted by molar-refractivity contribution is 5.36. The Morgan fingerprint density at radius 2 is 1.68 bits per heavy atom. The summed E-state index contributed by atoms with van der Waals surface area (Å²) in [5.41, 5.74) is 0.653. The molecule has 0 N–H and O–H groups in total. The van der Waals surface area contributed by atoms with E-state index in [9.17, 15) is 13.2 Å². The third kappa shape index (κ3) is 3.38. The molecule has 0 unspecified atom stereocenters. The minimum atomic E-state index is -4.39. The highest BCUT2D eigenvalue weighted by Gasteiger charge is 2.54. The Labute approximate surface area is 145 Å². The van der Waals surface area contributed by atoms with Crippen LogP contribution >= 0.6 is 0 Å². The molecule has 0 radical (unpaired) electrons. The van der Waals surface area contributed by atoms with E-state index in [4.69, 9.17) is 4.74 Å². The van der Waals surface area contributed by atoms with Gasteiger partial charge in [0.1, 0.15) is 11.9 Å². The number of rotatable bonds is 4. The molecule has 25 heavy (non-hydrogen) atoms. The van der Waals surface area contributed by atoms with Gasteiger partial charge in [-0.3, -0.25) is 4.90 Å². The Bertz CT molecular complexity index is 740. The van der Waals surface area contributed by atoms with E-state index in [1.807, 2.05) is 18.2 Å². The maximum absolute atomic E-state index is 13.2. The van der Waals surface area contributed by atoms with Crippen LogP contribution in [0.5, 0.6) is 5.75 Å². The van der Waals surface area contributed by atoms with Crippen LogP contribution in [0.3, 0.4) is 0 Å². The number of halogens is 3. The van der Waals surface area contributed by atoms with Gasteiger partial charge in [-0.1, -0.05) is 42.5 Å². The molecule has 4 rings (SSSR count). The molecule has 2 aromatic rings. The first-order valence-corrected chi connectivity index (χ1v) is 8.58. The van der Waals surface area contributed by atoms with Gasteiger partial charge in [0.25, 0.3) is 0 Å². The fourth-order valence-corrected chi connectivity index (χ4v) is 3.82. The number of nitrogens with zero attached hydrogens (tertiary/aromatic N) is 1. The monoisotopic (exact) mass is 347 g/mol. The molecular weight excluding hydrogens is 327 g/mol. The van der Waals surface area contributed by atoms with Crippen molar-refractivity contribution in [2.24, 2.45) is 0 Å². The van der Waals surface area contributed by atoms with E-state index < -0.39 is 11.7 Å². The summed E-state index contributed by atoms with van der Waals surface area (Å²) >= 11 is 0. The van der Waals surface area contributed by atoms with Crippen LogP contribution in [-0.4, -0.2) is 23.1 Å². The van der Waals surface area contributed by atoms with E-state index in [1.165, 1.54) is 17.7 Å². The Morgan fingerprint density at radius 3 is 2.36 bits per heavy atom. The van der Waals surface area contributed by atoms with E-state index in [2.05, 4.69) is 17.0 Å². The van der Waals surface area contributed by atoms with Gasteiger partial charge in [0.05, 0.1) is 5.56 Å². The zero-order valence-electron chi connectivity index (χ0n) is 13.8. The SMILES string of the molecule is FC(F)(F)c1ccccc1O[C@@H]1CN(Cc2ccccc2)C2(CC2)C1. The maximum Gasteiger partial charge on any atom is 0.419 e. The van der Waals surface area contributed by atoms with Crippen molar-refractivity contribution in [1.82, 2.24) is 4.90 Å². The molecule has 2 fully saturated rings. The Hall–Kier alpha value is -2.01. The highest BCUT2D eigenvalue weighted by atomic mass is 19.4. The molecule has 2 nitrogen and oxygen atoms in total. The number of likely N-dealkylation sites (tertiary alicyclic amines) is 1. The van der Waals surface area contributed by atoms with Gasteiger partial charge < -0.3 is 4.74 Å². The third-order valence-electron chi connectivity index (χ3n) is 5.23. The first-order valence-electron chi connectivity index (χ1n) is 8.58. The molecule has 0 aromatic heterocycles.